The molecule has 1 N–H and O–H groups in total. The first-order chi connectivity index (χ1) is 11.4. The van der Waals surface area contributed by atoms with Gasteiger partial charge in [0.2, 0.25) is 0 Å². The van der Waals surface area contributed by atoms with E-state index < -0.39 is 0 Å². The Labute approximate surface area is 140 Å². The summed E-state index contributed by atoms with van der Waals surface area (Å²) in [5.41, 5.74) is 1.03. The molecule has 3 aromatic rings. The predicted octanol–water partition coefficient (Wildman–Crippen LogP) is 4.46. The molecule has 0 atom stereocenters. The number of benzene rings is 1. The Bertz CT molecular complexity index is 702. The summed E-state index contributed by atoms with van der Waals surface area (Å²) in [7, 11) is 1.75. The van der Waals surface area contributed by atoms with Crippen molar-refractivity contribution in [3.05, 3.63) is 42.2 Å². The number of furan rings is 1. The van der Waals surface area contributed by atoms with Gasteiger partial charge in [-0.15, -0.1) is 11.3 Å². The molecule has 122 valence electrons. The van der Waals surface area contributed by atoms with Crippen LogP contribution in [0.1, 0.15) is 25.0 Å². The van der Waals surface area contributed by atoms with Gasteiger partial charge in [0.15, 0.2) is 10.8 Å². The third kappa shape index (κ3) is 4.41. The molecule has 23 heavy (non-hydrogen) atoms. The normalized spacial score (nSPS) is 11.3. The summed E-state index contributed by atoms with van der Waals surface area (Å²) >= 11 is 1.67. The third-order valence-corrected chi connectivity index (χ3v) is 4.72. The Morgan fingerprint density at radius 3 is 2.91 bits per heavy atom. The van der Waals surface area contributed by atoms with E-state index in [9.17, 15) is 0 Å². The lowest BCUT2D eigenvalue weighted by atomic mass is 10.2. The zero-order chi connectivity index (χ0) is 15.9. The minimum absolute atomic E-state index is 0.759. The molecule has 5 heteroatoms. The number of nitrogens with zero attached hydrogens (tertiary/aromatic N) is 1. The quantitative estimate of drug-likeness (QED) is 0.588. The SMILES string of the molecule is COCCCCCNCc1ccc(-c2nc3ccccc3s2)o1. The van der Waals surface area contributed by atoms with Gasteiger partial charge in [-0.2, -0.15) is 0 Å². The van der Waals surface area contributed by atoms with Crippen molar-refractivity contribution in [2.45, 2.75) is 25.8 Å². The highest BCUT2D eigenvalue weighted by Gasteiger charge is 2.10. The monoisotopic (exact) mass is 330 g/mol. The molecule has 4 nitrogen and oxygen atoms in total. The third-order valence-electron chi connectivity index (χ3n) is 3.67. The van der Waals surface area contributed by atoms with Gasteiger partial charge >= 0.3 is 0 Å². The molecule has 0 spiro atoms. The number of thiazole rings is 1. The standard InChI is InChI=1S/C18H22N2O2S/c1-21-12-6-2-5-11-19-13-14-9-10-16(22-14)18-20-15-7-3-4-8-17(15)23-18/h3-4,7-10,19H,2,5-6,11-13H2,1H3. The largest absolute Gasteiger partial charge is 0.457 e. The number of ether oxygens (including phenoxy) is 1. The maximum Gasteiger partial charge on any atom is 0.163 e. The van der Waals surface area contributed by atoms with Crippen molar-refractivity contribution in [3.8, 4) is 10.8 Å². The summed E-state index contributed by atoms with van der Waals surface area (Å²) in [4.78, 5) is 4.63. The van der Waals surface area contributed by atoms with Crippen LogP contribution < -0.4 is 5.32 Å². The van der Waals surface area contributed by atoms with E-state index in [-0.39, 0.29) is 0 Å². The van der Waals surface area contributed by atoms with Gasteiger partial charge in [0.1, 0.15) is 5.76 Å². The van der Waals surface area contributed by atoms with E-state index in [1.807, 2.05) is 30.3 Å². The molecule has 0 radical (unpaired) electrons. The predicted molar refractivity (Wildman–Crippen MR) is 94.8 cm³/mol. The van der Waals surface area contributed by atoms with Gasteiger partial charge in [-0.05, 0) is 50.1 Å². The molecule has 0 bridgehead atoms. The lowest BCUT2D eigenvalue weighted by Crippen LogP contribution is -2.14. The van der Waals surface area contributed by atoms with Crippen LogP contribution in [0.3, 0.4) is 0 Å². The second-order valence-corrected chi connectivity index (χ2v) is 6.51. The van der Waals surface area contributed by atoms with Crippen LogP contribution in [0.15, 0.2) is 40.8 Å². The van der Waals surface area contributed by atoms with Crippen molar-refractivity contribution in [2.24, 2.45) is 0 Å². The van der Waals surface area contributed by atoms with E-state index in [4.69, 9.17) is 9.15 Å². The summed E-state index contributed by atoms with van der Waals surface area (Å²) in [6.07, 6.45) is 3.48. The smallest absolute Gasteiger partial charge is 0.163 e. The van der Waals surface area contributed by atoms with Crippen LogP contribution in [0.2, 0.25) is 0 Å². The number of hydrogen-bond acceptors (Lipinski definition) is 5. The highest BCUT2D eigenvalue weighted by molar-refractivity contribution is 7.21. The first kappa shape index (κ1) is 16.2. The van der Waals surface area contributed by atoms with Crippen molar-refractivity contribution < 1.29 is 9.15 Å². The molecule has 2 heterocycles. The average molecular weight is 330 g/mol. The van der Waals surface area contributed by atoms with Gasteiger partial charge in [-0.3, -0.25) is 0 Å². The number of nitrogens with one attached hydrogen (secondary N) is 1. The van der Waals surface area contributed by atoms with E-state index >= 15 is 0 Å². The van der Waals surface area contributed by atoms with Crippen LogP contribution in [0.4, 0.5) is 0 Å². The Kier molecular flexibility index (Phi) is 5.80. The summed E-state index contributed by atoms with van der Waals surface area (Å²) < 4.78 is 12.1. The van der Waals surface area contributed by atoms with E-state index in [0.29, 0.717) is 0 Å². The minimum atomic E-state index is 0.759. The molecular weight excluding hydrogens is 308 g/mol. The van der Waals surface area contributed by atoms with Gasteiger partial charge in [0, 0.05) is 13.7 Å². The summed E-state index contributed by atoms with van der Waals surface area (Å²) in [5.74, 6) is 1.80. The highest BCUT2D eigenvalue weighted by Crippen LogP contribution is 2.30. The number of para-hydroxylation sites is 1. The Balaban J connectivity index is 1.50. The van der Waals surface area contributed by atoms with Gasteiger partial charge in [-0.1, -0.05) is 12.1 Å². The molecule has 0 aliphatic carbocycles. The topological polar surface area (TPSA) is 47.3 Å². The summed E-state index contributed by atoms with van der Waals surface area (Å²) in [6.45, 7) is 2.61. The molecule has 2 aromatic heterocycles. The maximum atomic E-state index is 5.91. The summed E-state index contributed by atoms with van der Waals surface area (Å²) in [5, 5.41) is 4.36. The van der Waals surface area contributed by atoms with Gasteiger partial charge in [0.05, 0.1) is 16.8 Å². The Morgan fingerprint density at radius 2 is 2.04 bits per heavy atom. The fourth-order valence-electron chi connectivity index (χ4n) is 2.45. The lowest BCUT2D eigenvalue weighted by molar-refractivity contribution is 0.192. The van der Waals surface area contributed by atoms with Crippen LogP contribution in [-0.4, -0.2) is 25.2 Å². The van der Waals surface area contributed by atoms with Crippen LogP contribution in [-0.2, 0) is 11.3 Å². The van der Waals surface area contributed by atoms with Crippen molar-refractivity contribution in [2.75, 3.05) is 20.3 Å². The second-order valence-electron chi connectivity index (χ2n) is 5.48. The van der Waals surface area contributed by atoms with Crippen molar-refractivity contribution >= 4 is 21.6 Å². The Hall–Kier alpha value is -1.69. The van der Waals surface area contributed by atoms with Crippen molar-refractivity contribution in [1.29, 1.82) is 0 Å². The van der Waals surface area contributed by atoms with E-state index in [0.717, 1.165) is 54.6 Å². The van der Waals surface area contributed by atoms with Crippen molar-refractivity contribution in [1.82, 2.24) is 10.3 Å². The highest BCUT2D eigenvalue weighted by atomic mass is 32.1. The molecule has 0 aliphatic heterocycles. The van der Waals surface area contributed by atoms with E-state index in [1.165, 1.54) is 11.1 Å². The molecule has 0 saturated carbocycles. The molecule has 0 unspecified atom stereocenters. The number of hydrogen-bond donors (Lipinski definition) is 1. The fraction of sp³-hybridized carbons (Fsp3) is 0.389. The molecule has 1 aromatic carbocycles. The van der Waals surface area contributed by atoms with Gasteiger partial charge in [0.25, 0.3) is 0 Å². The minimum Gasteiger partial charge on any atom is -0.457 e. The average Bonchev–Trinajstić information content (AvgIpc) is 3.20. The van der Waals surface area contributed by atoms with Crippen molar-refractivity contribution in [3.63, 3.8) is 0 Å². The molecule has 0 saturated heterocycles. The first-order valence-corrected chi connectivity index (χ1v) is 8.83. The van der Waals surface area contributed by atoms with Gasteiger partial charge < -0.3 is 14.5 Å². The first-order valence-electron chi connectivity index (χ1n) is 8.01. The zero-order valence-electron chi connectivity index (χ0n) is 13.4. The van der Waals surface area contributed by atoms with Crippen LogP contribution in [0.5, 0.6) is 0 Å². The molecule has 3 rings (SSSR count). The van der Waals surface area contributed by atoms with Crippen LogP contribution >= 0.6 is 11.3 Å². The molecule has 0 amide bonds. The van der Waals surface area contributed by atoms with E-state index in [2.05, 4.69) is 16.4 Å². The lowest BCUT2D eigenvalue weighted by Gasteiger charge is -2.02. The zero-order valence-corrected chi connectivity index (χ0v) is 14.2. The summed E-state index contributed by atoms with van der Waals surface area (Å²) in [6, 6.07) is 12.2. The number of unbranched alkanes of at least 4 members (excludes halogenated alkanes) is 2. The van der Waals surface area contributed by atoms with E-state index in [1.54, 1.807) is 18.4 Å². The number of aromatic nitrogens is 1. The number of rotatable bonds is 9. The second kappa shape index (κ2) is 8.24. The number of methoxy groups -OCH3 is 1. The molecular formula is C18H22N2O2S. The Morgan fingerprint density at radius 1 is 1.13 bits per heavy atom. The molecule has 0 aliphatic rings. The van der Waals surface area contributed by atoms with Crippen LogP contribution in [0.25, 0.3) is 21.0 Å². The molecule has 0 fully saturated rings. The maximum absolute atomic E-state index is 5.91. The number of fused-ring (bicyclic) bond motifs is 1. The van der Waals surface area contributed by atoms with Crippen LogP contribution in [0, 0.1) is 0 Å². The van der Waals surface area contributed by atoms with Gasteiger partial charge in [-0.25, -0.2) is 4.98 Å². The fourth-order valence-corrected chi connectivity index (χ4v) is 3.38.